The van der Waals surface area contributed by atoms with Gasteiger partial charge in [-0.05, 0) is 53.9 Å². The van der Waals surface area contributed by atoms with Gasteiger partial charge in [0.15, 0.2) is 17.0 Å². The highest BCUT2D eigenvalue weighted by atomic mass is 16.3. The molecule has 0 radical (unpaired) electrons. The fraction of sp³-hybridized carbons (Fsp3) is 0.250. The molecule has 18 heteroatoms. The van der Waals surface area contributed by atoms with Crippen LogP contribution in [0.25, 0.3) is 17.1 Å². The van der Waals surface area contributed by atoms with E-state index in [-0.39, 0.29) is 48.5 Å². The van der Waals surface area contributed by atoms with E-state index in [2.05, 4.69) is 36.3 Å². The Morgan fingerprint density at radius 2 is 1.63 bits per heavy atom. The van der Waals surface area contributed by atoms with E-state index >= 15 is 0 Å². The molecular weight excluding hydrogens is 698 g/mol. The molecule has 1 aliphatic rings. The molecule has 0 spiro atoms. The van der Waals surface area contributed by atoms with Gasteiger partial charge in [-0.25, -0.2) is 14.5 Å². The van der Waals surface area contributed by atoms with E-state index in [1.165, 1.54) is 23.4 Å². The van der Waals surface area contributed by atoms with Gasteiger partial charge in [0.05, 0.1) is 48.7 Å². The van der Waals surface area contributed by atoms with Gasteiger partial charge < -0.3 is 51.4 Å². The number of nitrogens with zero attached hydrogens (tertiary/aromatic N) is 7. The van der Waals surface area contributed by atoms with Gasteiger partial charge >= 0.3 is 6.03 Å². The maximum Gasteiger partial charge on any atom is 0.319 e. The van der Waals surface area contributed by atoms with Crippen LogP contribution in [0, 0.1) is 0 Å². The van der Waals surface area contributed by atoms with Gasteiger partial charge in [0, 0.05) is 18.7 Å². The molecule has 9 N–H and O–H groups in total. The molecule has 7 rings (SSSR count). The first-order chi connectivity index (χ1) is 26.2. The minimum absolute atomic E-state index is 0.0812. The average Bonchev–Trinajstić information content (AvgIpc) is 3.90. The second kappa shape index (κ2) is 15.5. The number of imidazole rings is 1. The normalized spacial score (nSPS) is 18.1. The van der Waals surface area contributed by atoms with Gasteiger partial charge in [-0.15, -0.1) is 0 Å². The van der Waals surface area contributed by atoms with E-state index in [0.29, 0.717) is 22.7 Å². The van der Waals surface area contributed by atoms with Crippen molar-refractivity contribution in [3.05, 3.63) is 108 Å². The Morgan fingerprint density at radius 3 is 2.30 bits per heavy atom. The summed E-state index contributed by atoms with van der Waals surface area (Å²) in [6.45, 7) is -0.289. The number of phenols is 2. The number of hydrogen-bond acceptors (Lipinski definition) is 13. The Labute approximate surface area is 307 Å². The monoisotopic (exact) mass is 735 g/mol. The Morgan fingerprint density at radius 1 is 0.907 bits per heavy atom. The van der Waals surface area contributed by atoms with E-state index in [1.54, 1.807) is 71.4 Å². The van der Waals surface area contributed by atoms with Crippen molar-refractivity contribution in [1.29, 1.82) is 0 Å². The number of aromatic nitrogens is 7. The van der Waals surface area contributed by atoms with Gasteiger partial charge in [0.25, 0.3) is 5.95 Å². The van der Waals surface area contributed by atoms with Crippen molar-refractivity contribution in [3.8, 4) is 17.4 Å². The minimum Gasteiger partial charge on any atom is -0.508 e. The van der Waals surface area contributed by atoms with Crippen LogP contribution >= 0.6 is 0 Å². The van der Waals surface area contributed by atoms with Crippen LogP contribution in [0.1, 0.15) is 35.2 Å². The lowest BCUT2D eigenvalue weighted by molar-refractivity contribution is -0.125. The summed E-state index contributed by atoms with van der Waals surface area (Å²) in [4.78, 5) is 42.9. The summed E-state index contributed by atoms with van der Waals surface area (Å²) in [5.74, 6) is -0.372. The molecule has 4 atom stereocenters. The van der Waals surface area contributed by atoms with Crippen LogP contribution in [-0.2, 0) is 11.3 Å². The molecule has 54 heavy (non-hydrogen) atoms. The van der Waals surface area contributed by atoms with Gasteiger partial charge in [-0.2, -0.15) is 15.1 Å². The van der Waals surface area contributed by atoms with E-state index < -0.39 is 42.8 Å². The van der Waals surface area contributed by atoms with Gasteiger partial charge in [-0.3, -0.25) is 9.78 Å². The number of phenolic OH excluding ortho intramolecular Hbond substituents is 2. The number of hydrogen-bond donors (Lipinski definition) is 9. The van der Waals surface area contributed by atoms with Crippen molar-refractivity contribution in [2.75, 3.05) is 23.8 Å². The minimum atomic E-state index is -1.33. The second-order valence-electron chi connectivity index (χ2n) is 12.7. The topological polar surface area (TPSA) is 258 Å². The zero-order valence-electron chi connectivity index (χ0n) is 28.6. The molecule has 4 aromatic heterocycles. The fourth-order valence-electron chi connectivity index (χ4n) is 6.44. The van der Waals surface area contributed by atoms with Crippen molar-refractivity contribution >= 4 is 34.6 Å². The first-order valence-corrected chi connectivity index (χ1v) is 17.0. The van der Waals surface area contributed by atoms with E-state index in [4.69, 9.17) is 9.97 Å². The molecule has 1 fully saturated rings. The Balaban J connectivity index is 1.22. The fourth-order valence-corrected chi connectivity index (χ4v) is 6.44. The third-order valence-corrected chi connectivity index (χ3v) is 9.17. The molecule has 0 saturated heterocycles. The first kappa shape index (κ1) is 35.8. The summed E-state index contributed by atoms with van der Waals surface area (Å²) in [7, 11) is 0. The molecule has 6 aromatic rings. The lowest BCUT2D eigenvalue weighted by Gasteiger charge is -2.20. The smallest absolute Gasteiger partial charge is 0.319 e. The first-order valence-electron chi connectivity index (χ1n) is 17.0. The highest BCUT2D eigenvalue weighted by molar-refractivity contribution is 5.89. The third-order valence-electron chi connectivity index (χ3n) is 9.17. The van der Waals surface area contributed by atoms with Crippen LogP contribution in [0.2, 0.25) is 0 Å². The van der Waals surface area contributed by atoms with E-state index in [9.17, 15) is 35.1 Å². The number of carbonyl (C=O) groups excluding carboxylic acids is 2. The van der Waals surface area contributed by atoms with Crippen molar-refractivity contribution in [3.63, 3.8) is 0 Å². The Hall–Kier alpha value is -6.63. The lowest BCUT2D eigenvalue weighted by atomic mass is 9.91. The third kappa shape index (κ3) is 7.75. The van der Waals surface area contributed by atoms with Crippen molar-refractivity contribution < 1.29 is 35.1 Å². The highest BCUT2D eigenvalue weighted by Crippen LogP contribution is 2.35. The quantitative estimate of drug-likeness (QED) is 0.0865. The Bertz CT molecular complexity index is 2180. The molecule has 278 valence electrons. The van der Waals surface area contributed by atoms with Crippen molar-refractivity contribution in [1.82, 2.24) is 44.9 Å². The molecule has 1 saturated carbocycles. The summed E-state index contributed by atoms with van der Waals surface area (Å²) < 4.78 is 2.95. The number of aliphatic hydroxyl groups is 3. The number of urea groups is 1. The number of rotatable bonds is 12. The second-order valence-corrected chi connectivity index (χ2v) is 12.7. The maximum atomic E-state index is 12.7. The molecular formula is C36H37N11O7. The molecule has 18 nitrogen and oxygen atoms in total. The zero-order chi connectivity index (χ0) is 37.8. The molecule has 1 aliphatic carbocycles. The van der Waals surface area contributed by atoms with E-state index in [0.717, 1.165) is 11.1 Å². The molecule has 4 heterocycles. The predicted octanol–water partition coefficient (Wildman–Crippen LogP) is 1.53. The molecule has 3 amide bonds. The standard InChI is InChI=1S/C36H37N11O7/c48-18-29(51)43-27-13-28(32(53)31(27)52)46-19-40-30-33(38-16-26(20-4-8-24(49)9-5-20)21-6-10-25(50)11-7-21)44-35(45-34(30)46)47-17-23(15-41-47)42-36(54)39-14-22-3-1-2-12-37-22/h1-12,15,17,19,26-28,31-32,48-50,52-53H,13-14,16,18H2,(H,43,51)(H,38,44,45)(H2,39,42,54)/t27-,28+,31+,32-/m0/s1. The summed E-state index contributed by atoms with van der Waals surface area (Å²) >= 11 is 0. The van der Waals surface area contributed by atoms with Crippen molar-refractivity contribution in [2.45, 2.75) is 43.2 Å². The zero-order valence-corrected chi connectivity index (χ0v) is 28.6. The van der Waals surface area contributed by atoms with Crippen LogP contribution in [0.5, 0.6) is 11.5 Å². The number of pyridine rings is 1. The van der Waals surface area contributed by atoms with Crippen LogP contribution < -0.4 is 21.3 Å². The summed E-state index contributed by atoms with van der Waals surface area (Å²) in [5.41, 5.74) is 3.36. The van der Waals surface area contributed by atoms with Crippen LogP contribution in [0.4, 0.5) is 16.3 Å². The maximum absolute atomic E-state index is 12.7. The van der Waals surface area contributed by atoms with E-state index in [1.807, 2.05) is 6.07 Å². The Kier molecular flexibility index (Phi) is 10.3. The lowest BCUT2D eigenvalue weighted by Crippen LogP contribution is -2.44. The number of anilines is 2. The molecule has 0 aliphatic heterocycles. The highest BCUT2D eigenvalue weighted by Gasteiger charge is 2.44. The van der Waals surface area contributed by atoms with Gasteiger partial charge in [0.1, 0.15) is 30.3 Å². The van der Waals surface area contributed by atoms with Crippen LogP contribution in [0.15, 0.2) is 91.6 Å². The number of aromatic hydroxyl groups is 2. The number of nitrogens with one attached hydrogen (secondary N) is 4. The number of aliphatic hydroxyl groups excluding tert-OH is 3. The number of carbonyl (C=O) groups is 2. The molecule has 0 unspecified atom stereocenters. The average molecular weight is 736 g/mol. The number of benzene rings is 2. The predicted molar refractivity (Wildman–Crippen MR) is 194 cm³/mol. The summed E-state index contributed by atoms with van der Waals surface area (Å²) in [6, 6.07) is 16.8. The largest absolute Gasteiger partial charge is 0.508 e. The van der Waals surface area contributed by atoms with Gasteiger partial charge in [-0.1, -0.05) is 30.3 Å². The number of amides is 3. The van der Waals surface area contributed by atoms with Crippen LogP contribution in [0.3, 0.4) is 0 Å². The van der Waals surface area contributed by atoms with Gasteiger partial charge in [0.2, 0.25) is 5.91 Å². The van der Waals surface area contributed by atoms with Crippen molar-refractivity contribution in [2.24, 2.45) is 0 Å². The van der Waals surface area contributed by atoms with Crippen LogP contribution in [-0.4, -0.2) is 103 Å². The SMILES string of the molecule is O=C(CO)N[C@H]1C[C@@H](n2cnc3c(NCC(c4ccc(O)cc4)c4ccc(O)cc4)nc(-n4cc(NC(=O)NCc5ccccn5)cn4)nc32)[C@H](O)[C@@H]1O. The summed E-state index contributed by atoms with van der Waals surface area (Å²) in [5, 5.41) is 66.8. The number of fused-ring (bicyclic) bond motifs is 1. The summed E-state index contributed by atoms with van der Waals surface area (Å²) in [6.07, 6.45) is 3.50. The molecule has 0 bridgehead atoms. The molecule has 2 aromatic carbocycles.